The fraction of sp³-hybridized carbons (Fsp3) is 0.923. The standard InChI is InChI=1S/C13H23NO3/c1-5-10(15)11-8-6-14(7-9(8)11)12(16)17-13(2,3)4/h8-11,15H,5-7H2,1-4H3/t8-,9+,10?,11?. The van der Waals surface area contributed by atoms with Gasteiger partial charge in [0.15, 0.2) is 0 Å². The third-order valence-corrected chi connectivity index (χ3v) is 3.77. The van der Waals surface area contributed by atoms with Gasteiger partial charge in [0.25, 0.3) is 0 Å². The highest BCUT2D eigenvalue weighted by Gasteiger charge is 2.59. The van der Waals surface area contributed by atoms with E-state index in [-0.39, 0.29) is 12.2 Å². The Bertz CT molecular complexity index is 298. The Morgan fingerprint density at radius 2 is 1.94 bits per heavy atom. The van der Waals surface area contributed by atoms with Crippen LogP contribution in [-0.2, 0) is 4.74 Å². The molecule has 2 fully saturated rings. The lowest BCUT2D eigenvalue weighted by Gasteiger charge is -2.26. The van der Waals surface area contributed by atoms with Gasteiger partial charge in [0.05, 0.1) is 6.10 Å². The molecule has 0 aromatic heterocycles. The zero-order valence-corrected chi connectivity index (χ0v) is 11.1. The number of piperidine rings is 1. The van der Waals surface area contributed by atoms with Crippen molar-refractivity contribution in [3.63, 3.8) is 0 Å². The fourth-order valence-electron chi connectivity index (χ4n) is 2.89. The molecular formula is C13H23NO3. The first-order valence-electron chi connectivity index (χ1n) is 6.49. The second-order valence-corrected chi connectivity index (χ2v) is 6.27. The van der Waals surface area contributed by atoms with Gasteiger partial charge in [0.1, 0.15) is 5.60 Å². The van der Waals surface area contributed by atoms with Crippen molar-refractivity contribution in [2.24, 2.45) is 17.8 Å². The van der Waals surface area contributed by atoms with Crippen molar-refractivity contribution in [1.82, 2.24) is 4.90 Å². The highest BCUT2D eigenvalue weighted by atomic mass is 16.6. The van der Waals surface area contributed by atoms with Crippen molar-refractivity contribution in [1.29, 1.82) is 0 Å². The summed E-state index contributed by atoms with van der Waals surface area (Å²) in [5.74, 6) is 1.41. The molecule has 4 nitrogen and oxygen atoms in total. The predicted octanol–water partition coefficient (Wildman–Crippen LogP) is 1.87. The van der Waals surface area contributed by atoms with Crippen LogP contribution in [0, 0.1) is 17.8 Å². The van der Waals surface area contributed by atoms with Gasteiger partial charge in [-0.1, -0.05) is 6.92 Å². The number of hydrogen-bond donors (Lipinski definition) is 1. The van der Waals surface area contributed by atoms with Crippen molar-refractivity contribution < 1.29 is 14.6 Å². The first-order valence-corrected chi connectivity index (χ1v) is 6.49. The van der Waals surface area contributed by atoms with Gasteiger partial charge in [-0.2, -0.15) is 0 Å². The first-order chi connectivity index (χ1) is 7.83. The van der Waals surface area contributed by atoms with Crippen LogP contribution in [0.4, 0.5) is 4.79 Å². The maximum atomic E-state index is 11.8. The summed E-state index contributed by atoms with van der Waals surface area (Å²) in [5, 5.41) is 9.78. The molecule has 0 aromatic carbocycles. The molecule has 1 aliphatic heterocycles. The van der Waals surface area contributed by atoms with E-state index in [9.17, 15) is 9.90 Å². The van der Waals surface area contributed by atoms with Gasteiger partial charge in [-0.3, -0.25) is 0 Å². The molecule has 1 heterocycles. The smallest absolute Gasteiger partial charge is 0.410 e. The minimum Gasteiger partial charge on any atom is -0.444 e. The quantitative estimate of drug-likeness (QED) is 0.803. The number of aliphatic hydroxyl groups is 1. The fourth-order valence-corrected chi connectivity index (χ4v) is 2.89. The lowest BCUT2D eigenvalue weighted by molar-refractivity contribution is 0.0241. The summed E-state index contributed by atoms with van der Waals surface area (Å²) in [4.78, 5) is 13.6. The van der Waals surface area contributed by atoms with Gasteiger partial charge in [-0.25, -0.2) is 4.79 Å². The van der Waals surface area contributed by atoms with Crippen LogP contribution in [0.25, 0.3) is 0 Å². The maximum absolute atomic E-state index is 11.8. The molecule has 2 aliphatic rings. The van der Waals surface area contributed by atoms with Gasteiger partial charge in [0, 0.05) is 13.1 Å². The number of fused-ring (bicyclic) bond motifs is 1. The van der Waals surface area contributed by atoms with E-state index in [4.69, 9.17) is 4.74 Å². The number of likely N-dealkylation sites (tertiary alicyclic amines) is 1. The largest absolute Gasteiger partial charge is 0.444 e. The van der Waals surface area contributed by atoms with E-state index >= 15 is 0 Å². The Hall–Kier alpha value is -0.770. The summed E-state index contributed by atoms with van der Waals surface area (Å²) >= 11 is 0. The number of aliphatic hydroxyl groups excluding tert-OH is 1. The Balaban J connectivity index is 1.81. The molecule has 0 radical (unpaired) electrons. The number of hydrogen-bond acceptors (Lipinski definition) is 3. The second kappa shape index (κ2) is 4.16. The molecule has 0 bridgehead atoms. The molecule has 1 aliphatic carbocycles. The Kier molecular flexibility index (Phi) is 3.10. The Morgan fingerprint density at radius 1 is 1.41 bits per heavy atom. The van der Waals surface area contributed by atoms with Gasteiger partial charge < -0.3 is 14.7 Å². The number of ether oxygens (including phenoxy) is 1. The zero-order chi connectivity index (χ0) is 12.8. The lowest BCUT2D eigenvalue weighted by Crippen LogP contribution is -2.37. The van der Waals surface area contributed by atoms with E-state index in [2.05, 4.69) is 0 Å². The average molecular weight is 241 g/mol. The number of rotatable bonds is 2. The molecule has 17 heavy (non-hydrogen) atoms. The topological polar surface area (TPSA) is 49.8 Å². The van der Waals surface area contributed by atoms with Crippen molar-refractivity contribution in [2.45, 2.75) is 45.8 Å². The Morgan fingerprint density at radius 3 is 2.35 bits per heavy atom. The van der Waals surface area contributed by atoms with Crippen LogP contribution >= 0.6 is 0 Å². The van der Waals surface area contributed by atoms with Crippen molar-refractivity contribution >= 4 is 6.09 Å². The van der Waals surface area contributed by atoms with Crippen molar-refractivity contribution in [2.75, 3.05) is 13.1 Å². The molecule has 1 saturated heterocycles. The van der Waals surface area contributed by atoms with Crippen LogP contribution in [0.1, 0.15) is 34.1 Å². The van der Waals surface area contributed by atoms with E-state index in [1.807, 2.05) is 27.7 Å². The molecule has 4 atom stereocenters. The van der Waals surface area contributed by atoms with Gasteiger partial charge >= 0.3 is 6.09 Å². The number of nitrogens with zero attached hydrogens (tertiary/aromatic N) is 1. The molecule has 0 aromatic rings. The molecule has 0 spiro atoms. The van der Waals surface area contributed by atoms with Crippen LogP contribution in [-0.4, -0.2) is 40.9 Å². The number of carbonyl (C=O) groups excluding carboxylic acids is 1. The lowest BCUT2D eigenvalue weighted by atomic mass is 10.1. The molecular weight excluding hydrogens is 218 g/mol. The third kappa shape index (κ3) is 2.57. The molecule has 2 unspecified atom stereocenters. The van der Waals surface area contributed by atoms with Gasteiger partial charge in [0.2, 0.25) is 0 Å². The van der Waals surface area contributed by atoms with Crippen molar-refractivity contribution in [3.05, 3.63) is 0 Å². The molecule has 1 saturated carbocycles. The molecule has 1 N–H and O–H groups in total. The maximum Gasteiger partial charge on any atom is 0.410 e. The minimum absolute atomic E-state index is 0.189. The highest BCUT2D eigenvalue weighted by Crippen LogP contribution is 2.54. The van der Waals surface area contributed by atoms with Gasteiger partial charge in [-0.15, -0.1) is 0 Å². The van der Waals surface area contributed by atoms with Crippen LogP contribution in [0.3, 0.4) is 0 Å². The average Bonchev–Trinajstić information content (AvgIpc) is 2.69. The van der Waals surface area contributed by atoms with Gasteiger partial charge in [-0.05, 0) is 44.9 Å². The third-order valence-electron chi connectivity index (χ3n) is 3.77. The van der Waals surface area contributed by atoms with E-state index in [1.165, 1.54) is 0 Å². The van der Waals surface area contributed by atoms with E-state index < -0.39 is 5.60 Å². The summed E-state index contributed by atoms with van der Waals surface area (Å²) in [6, 6.07) is 0. The van der Waals surface area contributed by atoms with Crippen LogP contribution in [0.5, 0.6) is 0 Å². The molecule has 98 valence electrons. The minimum atomic E-state index is -0.424. The summed E-state index contributed by atoms with van der Waals surface area (Å²) in [7, 11) is 0. The SMILES string of the molecule is CCC(O)C1[C@H]2CN(C(=O)OC(C)(C)C)C[C@@H]12. The Labute approximate surface area is 103 Å². The zero-order valence-electron chi connectivity index (χ0n) is 11.1. The number of carbonyl (C=O) groups is 1. The highest BCUT2D eigenvalue weighted by molar-refractivity contribution is 5.69. The second-order valence-electron chi connectivity index (χ2n) is 6.27. The summed E-state index contributed by atoms with van der Waals surface area (Å²) in [5.41, 5.74) is -0.424. The molecule has 2 rings (SSSR count). The first kappa shape index (κ1) is 12.7. The summed E-state index contributed by atoms with van der Waals surface area (Å²) in [6.07, 6.45) is 0.407. The van der Waals surface area contributed by atoms with E-state index in [0.717, 1.165) is 19.5 Å². The van der Waals surface area contributed by atoms with Crippen LogP contribution in [0.15, 0.2) is 0 Å². The van der Waals surface area contributed by atoms with Crippen LogP contribution < -0.4 is 0 Å². The van der Waals surface area contributed by atoms with Crippen molar-refractivity contribution in [3.8, 4) is 0 Å². The van der Waals surface area contributed by atoms with Crippen LogP contribution in [0.2, 0.25) is 0 Å². The number of amides is 1. The predicted molar refractivity (Wildman–Crippen MR) is 64.6 cm³/mol. The normalized spacial score (nSPS) is 33.2. The van der Waals surface area contributed by atoms with E-state index in [1.54, 1.807) is 4.90 Å². The van der Waals surface area contributed by atoms with E-state index in [0.29, 0.717) is 17.8 Å². The molecule has 4 heteroatoms. The summed E-state index contributed by atoms with van der Waals surface area (Å²) < 4.78 is 5.34. The summed E-state index contributed by atoms with van der Waals surface area (Å²) in [6.45, 7) is 9.15. The monoisotopic (exact) mass is 241 g/mol. The molecule has 1 amide bonds.